The summed E-state index contributed by atoms with van der Waals surface area (Å²) in [7, 11) is 0. The standard InChI is InChI=1S/C26H28N2O3S/c1-3-16-31-24-15-12-21(17-25(24)30-4-2)18-27-28-26(29)22-13-10-20(11-14-22)19-32-23-8-6-5-7-9-23/h5-15,17-18H,3-4,16,19H2,1-2H3,(H,28,29)/b27-18+. The van der Waals surface area contributed by atoms with Crippen LogP contribution < -0.4 is 14.9 Å². The minimum Gasteiger partial charge on any atom is -0.490 e. The van der Waals surface area contributed by atoms with E-state index in [-0.39, 0.29) is 5.91 Å². The molecule has 0 spiro atoms. The Morgan fingerprint density at radius 3 is 2.47 bits per heavy atom. The third kappa shape index (κ3) is 7.17. The molecule has 0 aliphatic heterocycles. The lowest BCUT2D eigenvalue weighted by Crippen LogP contribution is -2.17. The van der Waals surface area contributed by atoms with Gasteiger partial charge < -0.3 is 9.47 Å². The van der Waals surface area contributed by atoms with E-state index in [4.69, 9.17) is 9.47 Å². The number of carbonyl (C=O) groups excluding carboxylic acids is 1. The van der Waals surface area contributed by atoms with Gasteiger partial charge in [-0.3, -0.25) is 4.79 Å². The van der Waals surface area contributed by atoms with Gasteiger partial charge in [0.2, 0.25) is 0 Å². The lowest BCUT2D eigenvalue weighted by molar-refractivity contribution is 0.0955. The van der Waals surface area contributed by atoms with Crippen LogP contribution in [0.25, 0.3) is 0 Å². The van der Waals surface area contributed by atoms with Crippen LogP contribution >= 0.6 is 11.8 Å². The van der Waals surface area contributed by atoms with Gasteiger partial charge in [0.1, 0.15) is 0 Å². The van der Waals surface area contributed by atoms with Crippen molar-refractivity contribution in [3.8, 4) is 11.5 Å². The zero-order valence-corrected chi connectivity index (χ0v) is 19.2. The molecule has 0 aliphatic rings. The molecular weight excluding hydrogens is 420 g/mol. The van der Waals surface area contributed by atoms with E-state index < -0.39 is 0 Å². The molecule has 0 radical (unpaired) electrons. The van der Waals surface area contributed by atoms with Gasteiger partial charge in [-0.1, -0.05) is 37.3 Å². The molecule has 3 aromatic rings. The van der Waals surface area contributed by atoms with Gasteiger partial charge >= 0.3 is 0 Å². The molecule has 32 heavy (non-hydrogen) atoms. The minimum atomic E-state index is -0.253. The van der Waals surface area contributed by atoms with Gasteiger partial charge in [0, 0.05) is 16.2 Å². The van der Waals surface area contributed by atoms with E-state index in [1.54, 1.807) is 18.0 Å². The largest absolute Gasteiger partial charge is 0.490 e. The van der Waals surface area contributed by atoms with Gasteiger partial charge in [-0.25, -0.2) is 5.43 Å². The monoisotopic (exact) mass is 448 g/mol. The highest BCUT2D eigenvalue weighted by atomic mass is 32.2. The van der Waals surface area contributed by atoms with Crippen LogP contribution in [0.1, 0.15) is 41.8 Å². The smallest absolute Gasteiger partial charge is 0.271 e. The molecule has 0 heterocycles. The molecule has 6 heteroatoms. The van der Waals surface area contributed by atoms with Gasteiger partial charge in [0.15, 0.2) is 11.5 Å². The Morgan fingerprint density at radius 2 is 1.75 bits per heavy atom. The van der Waals surface area contributed by atoms with Crippen LogP contribution in [0.15, 0.2) is 82.8 Å². The Hall–Kier alpha value is -3.25. The first-order valence-electron chi connectivity index (χ1n) is 10.7. The zero-order valence-electron chi connectivity index (χ0n) is 18.4. The van der Waals surface area contributed by atoms with Crippen molar-refractivity contribution in [3.05, 3.63) is 89.5 Å². The first-order valence-corrected chi connectivity index (χ1v) is 11.7. The summed E-state index contributed by atoms with van der Waals surface area (Å²) in [6, 6.07) is 23.4. The van der Waals surface area contributed by atoms with Gasteiger partial charge in [0.25, 0.3) is 5.91 Å². The third-order valence-electron chi connectivity index (χ3n) is 4.47. The molecule has 3 aromatic carbocycles. The molecule has 1 amide bonds. The van der Waals surface area contributed by atoms with E-state index in [9.17, 15) is 4.79 Å². The second kappa shape index (κ2) is 12.6. The lowest BCUT2D eigenvalue weighted by Gasteiger charge is -2.11. The fourth-order valence-corrected chi connectivity index (χ4v) is 3.75. The quantitative estimate of drug-likeness (QED) is 0.224. The molecule has 5 nitrogen and oxygen atoms in total. The fraction of sp³-hybridized carbons (Fsp3) is 0.231. The van der Waals surface area contributed by atoms with E-state index in [0.717, 1.165) is 23.3 Å². The molecular formula is C26H28N2O3S. The van der Waals surface area contributed by atoms with Crippen LogP contribution in [-0.2, 0) is 5.75 Å². The van der Waals surface area contributed by atoms with E-state index in [0.29, 0.717) is 30.3 Å². The Morgan fingerprint density at radius 1 is 0.969 bits per heavy atom. The van der Waals surface area contributed by atoms with Crippen molar-refractivity contribution in [2.75, 3.05) is 13.2 Å². The summed E-state index contributed by atoms with van der Waals surface area (Å²) in [5.41, 5.74) is 5.11. The third-order valence-corrected chi connectivity index (χ3v) is 5.56. The molecule has 0 saturated heterocycles. The molecule has 0 aromatic heterocycles. The summed E-state index contributed by atoms with van der Waals surface area (Å²) in [6.45, 7) is 5.16. The van der Waals surface area contributed by atoms with Crippen LogP contribution in [0.5, 0.6) is 11.5 Å². The van der Waals surface area contributed by atoms with Crippen LogP contribution in [-0.4, -0.2) is 25.3 Å². The van der Waals surface area contributed by atoms with Crippen molar-refractivity contribution in [3.63, 3.8) is 0 Å². The number of carbonyl (C=O) groups is 1. The molecule has 1 N–H and O–H groups in total. The van der Waals surface area contributed by atoms with Crippen molar-refractivity contribution in [1.29, 1.82) is 0 Å². The first-order chi connectivity index (χ1) is 15.7. The van der Waals surface area contributed by atoms with Gasteiger partial charge in [-0.15, -0.1) is 11.8 Å². The summed E-state index contributed by atoms with van der Waals surface area (Å²) in [5, 5.41) is 4.08. The number of thioether (sulfide) groups is 1. The van der Waals surface area contributed by atoms with E-state index in [1.165, 1.54) is 4.90 Å². The molecule has 0 saturated carbocycles. The zero-order chi connectivity index (χ0) is 22.6. The average molecular weight is 449 g/mol. The summed E-state index contributed by atoms with van der Waals surface area (Å²) in [4.78, 5) is 13.6. The predicted molar refractivity (Wildman–Crippen MR) is 131 cm³/mol. The van der Waals surface area contributed by atoms with E-state index in [1.807, 2.05) is 67.6 Å². The summed E-state index contributed by atoms with van der Waals surface area (Å²) < 4.78 is 11.4. The highest BCUT2D eigenvalue weighted by Crippen LogP contribution is 2.28. The number of nitrogens with zero attached hydrogens (tertiary/aromatic N) is 1. The maximum Gasteiger partial charge on any atom is 0.271 e. The Kier molecular flexibility index (Phi) is 9.20. The fourth-order valence-electron chi connectivity index (χ4n) is 2.87. The molecule has 0 atom stereocenters. The number of hydrogen-bond donors (Lipinski definition) is 1. The Balaban J connectivity index is 1.54. The first kappa shape index (κ1) is 23.4. The molecule has 0 aliphatic carbocycles. The second-order valence-corrected chi connectivity index (χ2v) is 8.03. The van der Waals surface area contributed by atoms with Crippen molar-refractivity contribution < 1.29 is 14.3 Å². The topological polar surface area (TPSA) is 59.9 Å². The normalized spacial score (nSPS) is 10.8. The highest BCUT2D eigenvalue weighted by Gasteiger charge is 2.07. The number of benzene rings is 3. The van der Waals surface area contributed by atoms with Crippen molar-refractivity contribution in [2.24, 2.45) is 5.10 Å². The number of ether oxygens (including phenoxy) is 2. The van der Waals surface area contributed by atoms with E-state index >= 15 is 0 Å². The van der Waals surface area contributed by atoms with Gasteiger partial charge in [-0.05, 0) is 66.9 Å². The minimum absolute atomic E-state index is 0.253. The second-order valence-electron chi connectivity index (χ2n) is 6.99. The molecule has 0 fully saturated rings. The number of hydrazone groups is 1. The van der Waals surface area contributed by atoms with Crippen molar-refractivity contribution in [2.45, 2.75) is 30.9 Å². The number of hydrogen-bond acceptors (Lipinski definition) is 5. The van der Waals surface area contributed by atoms with Gasteiger partial charge in [0.05, 0.1) is 19.4 Å². The molecule has 166 valence electrons. The van der Waals surface area contributed by atoms with Crippen molar-refractivity contribution in [1.82, 2.24) is 5.43 Å². The summed E-state index contributed by atoms with van der Waals surface area (Å²) in [5.74, 6) is 1.97. The van der Waals surface area contributed by atoms with E-state index in [2.05, 4.69) is 29.6 Å². The molecule has 0 bridgehead atoms. The maximum atomic E-state index is 12.4. The van der Waals surface area contributed by atoms with Crippen molar-refractivity contribution >= 4 is 23.9 Å². The van der Waals surface area contributed by atoms with Gasteiger partial charge in [-0.2, -0.15) is 5.10 Å². The summed E-state index contributed by atoms with van der Waals surface area (Å²) >= 11 is 1.77. The molecule has 3 rings (SSSR count). The van der Waals surface area contributed by atoms with Crippen LogP contribution in [0.4, 0.5) is 0 Å². The predicted octanol–water partition coefficient (Wildman–Crippen LogP) is 5.93. The number of rotatable bonds is 11. The number of amides is 1. The van der Waals surface area contributed by atoms with Crippen LogP contribution in [0.2, 0.25) is 0 Å². The average Bonchev–Trinajstić information content (AvgIpc) is 2.83. The maximum absolute atomic E-state index is 12.4. The SMILES string of the molecule is CCCOc1ccc(/C=N/NC(=O)c2ccc(CSc3ccccc3)cc2)cc1OCC. The van der Waals surface area contributed by atoms with Crippen LogP contribution in [0, 0.1) is 0 Å². The van der Waals surface area contributed by atoms with Crippen LogP contribution in [0.3, 0.4) is 0 Å². The number of nitrogens with one attached hydrogen (secondary N) is 1. The lowest BCUT2D eigenvalue weighted by atomic mass is 10.1. The highest BCUT2D eigenvalue weighted by molar-refractivity contribution is 7.98. The molecule has 0 unspecified atom stereocenters. The Bertz CT molecular complexity index is 1020. The summed E-state index contributed by atoms with van der Waals surface area (Å²) in [6.07, 6.45) is 2.52. The Labute approximate surface area is 193 Å².